The third kappa shape index (κ3) is 6.98. The van der Waals surface area contributed by atoms with Crippen LogP contribution in [-0.2, 0) is 32.3 Å². The zero-order valence-corrected chi connectivity index (χ0v) is 18.4. The van der Waals surface area contributed by atoms with Crippen molar-refractivity contribution in [2.45, 2.75) is 46.1 Å². The fraction of sp³-hybridized carbons (Fsp3) is 0.455. The first-order chi connectivity index (χ1) is 15.6. The Morgan fingerprint density at radius 2 is 1.97 bits per heavy atom. The van der Waals surface area contributed by atoms with Gasteiger partial charge in [0, 0.05) is 13.5 Å². The second kappa shape index (κ2) is 12.1. The number of carbonyl (C=O) groups is 1. The van der Waals surface area contributed by atoms with Crippen LogP contribution in [0, 0.1) is 0 Å². The molecule has 32 heavy (non-hydrogen) atoms. The first-order valence-electron chi connectivity index (χ1n) is 10.6. The van der Waals surface area contributed by atoms with Crippen molar-refractivity contribution in [3.05, 3.63) is 42.2 Å². The number of benzene rings is 1. The van der Waals surface area contributed by atoms with Crippen molar-refractivity contribution < 1.29 is 24.1 Å². The summed E-state index contributed by atoms with van der Waals surface area (Å²) in [4.78, 5) is 23.5. The van der Waals surface area contributed by atoms with Gasteiger partial charge >= 0.3 is 0 Å². The molecular formula is C22H29N5O5. The first kappa shape index (κ1) is 23.6. The zero-order valence-electron chi connectivity index (χ0n) is 18.4. The van der Waals surface area contributed by atoms with Crippen molar-refractivity contribution >= 4 is 23.0 Å². The number of fused-ring (bicyclic) bond motifs is 1. The Kier molecular flexibility index (Phi) is 8.90. The van der Waals surface area contributed by atoms with Gasteiger partial charge in [0.15, 0.2) is 11.2 Å². The monoisotopic (exact) mass is 443 g/mol. The summed E-state index contributed by atoms with van der Waals surface area (Å²) in [6.07, 6.45) is 3.22. The number of unbranched alkanes of at least 4 members (excludes halogenated alkanes) is 1. The van der Waals surface area contributed by atoms with Crippen molar-refractivity contribution in [2.75, 3.05) is 25.1 Å². The molecular weight excluding hydrogens is 414 g/mol. The topological polar surface area (TPSA) is 121 Å². The molecule has 0 aliphatic carbocycles. The van der Waals surface area contributed by atoms with Gasteiger partial charge in [-0.2, -0.15) is 9.97 Å². The van der Waals surface area contributed by atoms with Crippen molar-refractivity contribution in [2.24, 2.45) is 0 Å². The molecule has 0 fully saturated rings. The highest BCUT2D eigenvalue weighted by atomic mass is 16.6. The smallest absolute Gasteiger partial charge is 0.244 e. The fourth-order valence-electron chi connectivity index (χ4n) is 2.91. The molecule has 0 saturated carbocycles. The predicted octanol–water partition coefficient (Wildman–Crippen LogP) is 2.87. The largest absolute Gasteiger partial charge is 0.492 e. The number of anilines is 1. The highest BCUT2D eigenvalue weighted by Gasteiger charge is 2.16. The zero-order chi connectivity index (χ0) is 22.8. The van der Waals surface area contributed by atoms with E-state index in [-0.39, 0.29) is 36.1 Å². The van der Waals surface area contributed by atoms with Crippen molar-refractivity contribution in [1.82, 2.24) is 19.5 Å². The number of aromatic hydroxyl groups is 1. The van der Waals surface area contributed by atoms with E-state index in [0.717, 1.165) is 18.4 Å². The third-order valence-electron chi connectivity index (χ3n) is 4.54. The molecule has 10 nitrogen and oxygen atoms in total. The summed E-state index contributed by atoms with van der Waals surface area (Å²) >= 11 is 0. The Labute approximate surface area is 186 Å². The highest BCUT2D eigenvalue weighted by Crippen LogP contribution is 2.21. The van der Waals surface area contributed by atoms with Gasteiger partial charge in [0.25, 0.3) is 0 Å². The van der Waals surface area contributed by atoms with E-state index >= 15 is 0 Å². The standard InChI is InChI=1S/C22H29N5O5/c1-3-4-10-30-12-18(13-31-11-17-8-6-5-7-9-17)32-15-27-14-23-19-20(27)25-22(24-16(2)28)26-21(19)29/h5-9,14,18H,3-4,10-13,15H2,1-2H3,(H2,24,25,26,28,29). The van der Waals surface area contributed by atoms with Gasteiger partial charge in [-0.15, -0.1) is 0 Å². The highest BCUT2D eigenvalue weighted by molar-refractivity contribution is 5.88. The van der Waals surface area contributed by atoms with Gasteiger partial charge in [0.05, 0.1) is 26.1 Å². The maximum atomic E-state index is 11.3. The molecule has 0 bridgehead atoms. The summed E-state index contributed by atoms with van der Waals surface area (Å²) in [6, 6.07) is 9.91. The lowest BCUT2D eigenvalue weighted by atomic mass is 10.2. The number of aromatic nitrogens is 4. The predicted molar refractivity (Wildman–Crippen MR) is 118 cm³/mol. The van der Waals surface area contributed by atoms with Crippen molar-refractivity contribution in [3.8, 4) is 5.88 Å². The number of carbonyl (C=O) groups excluding carboxylic acids is 1. The molecule has 10 heteroatoms. The van der Waals surface area contributed by atoms with Gasteiger partial charge in [0.2, 0.25) is 17.7 Å². The van der Waals surface area contributed by atoms with Gasteiger partial charge in [-0.1, -0.05) is 43.7 Å². The van der Waals surface area contributed by atoms with E-state index in [1.807, 2.05) is 30.3 Å². The Morgan fingerprint density at radius 1 is 1.19 bits per heavy atom. The minimum atomic E-state index is -0.342. The number of imidazole rings is 1. The van der Waals surface area contributed by atoms with E-state index in [9.17, 15) is 9.90 Å². The van der Waals surface area contributed by atoms with Crippen LogP contribution in [0.1, 0.15) is 32.3 Å². The Bertz CT molecular complexity index is 995. The second-order valence-corrected chi connectivity index (χ2v) is 7.29. The number of nitrogens with zero attached hydrogens (tertiary/aromatic N) is 4. The third-order valence-corrected chi connectivity index (χ3v) is 4.54. The maximum Gasteiger partial charge on any atom is 0.244 e. The van der Waals surface area contributed by atoms with Crippen LogP contribution in [0.4, 0.5) is 5.95 Å². The molecule has 1 amide bonds. The van der Waals surface area contributed by atoms with Crippen LogP contribution < -0.4 is 5.32 Å². The molecule has 2 N–H and O–H groups in total. The van der Waals surface area contributed by atoms with Gasteiger partial charge in [-0.05, 0) is 12.0 Å². The lowest BCUT2D eigenvalue weighted by molar-refractivity contribution is -0.114. The molecule has 0 radical (unpaired) electrons. The first-order valence-corrected chi connectivity index (χ1v) is 10.6. The van der Waals surface area contributed by atoms with Crippen LogP contribution in [0.3, 0.4) is 0 Å². The van der Waals surface area contributed by atoms with Crippen LogP contribution in [-0.4, -0.2) is 56.5 Å². The van der Waals surface area contributed by atoms with Crippen molar-refractivity contribution in [1.29, 1.82) is 0 Å². The summed E-state index contributed by atoms with van der Waals surface area (Å²) in [7, 11) is 0. The molecule has 2 aromatic heterocycles. The molecule has 1 aromatic carbocycles. The van der Waals surface area contributed by atoms with E-state index in [0.29, 0.717) is 32.1 Å². The fourth-order valence-corrected chi connectivity index (χ4v) is 2.91. The molecule has 3 rings (SSSR count). The molecule has 0 aliphatic rings. The number of amides is 1. The molecule has 0 spiro atoms. The van der Waals surface area contributed by atoms with Crippen molar-refractivity contribution in [3.63, 3.8) is 0 Å². The summed E-state index contributed by atoms with van der Waals surface area (Å²) in [5, 5.41) is 12.5. The lowest BCUT2D eigenvalue weighted by Gasteiger charge is -2.19. The number of rotatable bonds is 13. The quantitative estimate of drug-likeness (QED) is 0.387. The molecule has 0 saturated heterocycles. The Balaban J connectivity index is 1.63. The molecule has 2 heterocycles. The summed E-state index contributed by atoms with van der Waals surface area (Å²) in [5.74, 6) is -0.663. The molecule has 0 aliphatic heterocycles. The number of hydrogen-bond acceptors (Lipinski definition) is 8. The van der Waals surface area contributed by atoms with Crippen LogP contribution >= 0.6 is 0 Å². The minimum absolute atomic E-state index is 0.00473. The maximum absolute atomic E-state index is 11.3. The van der Waals surface area contributed by atoms with E-state index < -0.39 is 0 Å². The summed E-state index contributed by atoms with van der Waals surface area (Å²) in [6.45, 7) is 5.43. The van der Waals surface area contributed by atoms with Crippen LogP contribution in [0.2, 0.25) is 0 Å². The van der Waals surface area contributed by atoms with E-state index in [4.69, 9.17) is 14.2 Å². The van der Waals surface area contributed by atoms with Gasteiger partial charge in [0.1, 0.15) is 12.8 Å². The SMILES string of the molecule is CCCCOCC(COCc1ccccc1)OCn1cnc2c(O)nc(NC(C)=O)nc21. The molecule has 1 atom stereocenters. The summed E-state index contributed by atoms with van der Waals surface area (Å²) in [5.41, 5.74) is 1.65. The van der Waals surface area contributed by atoms with Gasteiger partial charge in [-0.3, -0.25) is 14.7 Å². The Morgan fingerprint density at radius 3 is 2.72 bits per heavy atom. The van der Waals surface area contributed by atoms with Gasteiger partial charge in [-0.25, -0.2) is 4.98 Å². The number of nitrogens with one attached hydrogen (secondary N) is 1. The van der Waals surface area contributed by atoms with Crippen LogP contribution in [0.5, 0.6) is 5.88 Å². The number of ether oxygens (including phenoxy) is 3. The second-order valence-electron chi connectivity index (χ2n) is 7.29. The normalized spacial score (nSPS) is 12.2. The molecule has 1 unspecified atom stereocenters. The van der Waals surface area contributed by atoms with E-state index in [2.05, 4.69) is 27.2 Å². The molecule has 172 valence electrons. The summed E-state index contributed by atoms with van der Waals surface area (Å²) < 4.78 is 19.2. The minimum Gasteiger partial charge on any atom is -0.492 e. The molecule has 3 aromatic rings. The average molecular weight is 444 g/mol. The van der Waals surface area contributed by atoms with E-state index in [1.165, 1.54) is 13.3 Å². The average Bonchev–Trinajstić information content (AvgIpc) is 3.18. The lowest BCUT2D eigenvalue weighted by Crippen LogP contribution is -2.27. The number of hydrogen-bond donors (Lipinski definition) is 2. The van der Waals surface area contributed by atoms with E-state index in [1.54, 1.807) is 4.57 Å². The Hall–Kier alpha value is -3.08. The van der Waals surface area contributed by atoms with Crippen LogP contribution in [0.25, 0.3) is 11.2 Å². The van der Waals surface area contributed by atoms with Gasteiger partial charge < -0.3 is 19.3 Å². The van der Waals surface area contributed by atoms with Crippen LogP contribution in [0.15, 0.2) is 36.7 Å².